The van der Waals surface area contributed by atoms with Gasteiger partial charge in [0.1, 0.15) is 18.2 Å². The van der Waals surface area contributed by atoms with E-state index in [9.17, 15) is 14.4 Å². The second-order valence-corrected chi connectivity index (χ2v) is 10.7. The van der Waals surface area contributed by atoms with Gasteiger partial charge in [-0.05, 0) is 52.0 Å². The molecule has 1 amide bonds. The maximum atomic E-state index is 11.7. The van der Waals surface area contributed by atoms with Crippen LogP contribution in [-0.2, 0) is 25.7 Å². The molecule has 3 rings (SSSR count). The zero-order chi connectivity index (χ0) is 26.4. The maximum absolute atomic E-state index is 11.7. The number of carbonyl (C=O) groups is 3. The Bertz CT molecular complexity index is 780. The molecule has 36 heavy (non-hydrogen) atoms. The van der Waals surface area contributed by atoms with Crippen LogP contribution in [0.15, 0.2) is 30.3 Å². The summed E-state index contributed by atoms with van der Waals surface area (Å²) < 4.78 is 9.96. The Morgan fingerprint density at radius 2 is 1.44 bits per heavy atom. The molecule has 0 radical (unpaired) electrons. The molecule has 0 aromatic heterocycles. The lowest BCUT2D eigenvalue weighted by atomic mass is 9.91. The van der Waals surface area contributed by atoms with Crippen molar-refractivity contribution in [3.8, 4) is 0 Å². The van der Waals surface area contributed by atoms with E-state index in [1.54, 1.807) is 45.0 Å². The van der Waals surface area contributed by atoms with Gasteiger partial charge in [0.25, 0.3) is 0 Å². The first kappa shape index (κ1) is 29.6. The Morgan fingerprint density at radius 1 is 0.917 bits per heavy atom. The molecule has 0 bridgehead atoms. The summed E-state index contributed by atoms with van der Waals surface area (Å²) in [5.74, 6) is -2.05. The molecule has 0 unspecified atom stereocenters. The first-order valence-electron chi connectivity index (χ1n) is 13.3. The van der Waals surface area contributed by atoms with Crippen molar-refractivity contribution in [2.24, 2.45) is 0 Å². The highest BCUT2D eigenvalue weighted by atomic mass is 16.6. The van der Waals surface area contributed by atoms with Crippen LogP contribution >= 0.6 is 0 Å². The molecule has 0 heterocycles. The molecule has 2 aliphatic rings. The lowest BCUT2D eigenvalue weighted by Crippen LogP contribution is -2.43. The fraction of sp³-hybridized carbons (Fsp3) is 0.679. The molecule has 1 aromatic rings. The molecule has 2 fully saturated rings. The highest BCUT2D eigenvalue weighted by Gasteiger charge is 2.27. The van der Waals surface area contributed by atoms with E-state index in [1.165, 1.54) is 64.2 Å². The molecule has 0 aliphatic heterocycles. The number of hydrogen-bond donors (Lipinski definition) is 3. The first-order chi connectivity index (χ1) is 17.1. The predicted molar refractivity (Wildman–Crippen MR) is 139 cm³/mol. The van der Waals surface area contributed by atoms with Gasteiger partial charge >= 0.3 is 18.0 Å². The molecule has 1 atom stereocenters. The van der Waals surface area contributed by atoms with Crippen molar-refractivity contribution in [2.75, 3.05) is 0 Å². The molecule has 1 aromatic carbocycles. The fourth-order valence-electron chi connectivity index (χ4n) is 4.53. The number of amides is 1. The molecule has 0 saturated heterocycles. The molecular weight excluding hydrogens is 460 g/mol. The average molecular weight is 505 g/mol. The fourth-order valence-corrected chi connectivity index (χ4v) is 4.53. The Kier molecular flexibility index (Phi) is 12.7. The third kappa shape index (κ3) is 12.9. The number of ether oxygens (including phenoxy) is 2. The number of carboxylic acids is 1. The van der Waals surface area contributed by atoms with Crippen LogP contribution in [0.5, 0.6) is 0 Å². The standard InChI is InChI=1S/C16H21NO6.C12H23N/c1-16(2,3)23-13(18)9-12(14(19)20)17-15(21)22-10-11-7-5-4-6-8-11;1-3-7-11(8-4-1)13-12-9-5-2-6-10-12/h4-8,12H,9-10H2,1-3H3,(H,17,21)(H,19,20);11-13H,1-10H2/t12-;/m1./s1. The van der Waals surface area contributed by atoms with Crippen LogP contribution in [0.4, 0.5) is 4.79 Å². The Morgan fingerprint density at radius 3 is 1.92 bits per heavy atom. The summed E-state index contributed by atoms with van der Waals surface area (Å²) in [6, 6.07) is 9.27. The molecular formula is C28H44N2O6. The highest BCUT2D eigenvalue weighted by molar-refractivity contribution is 5.85. The normalized spacial score (nSPS) is 17.8. The minimum Gasteiger partial charge on any atom is -0.480 e. The van der Waals surface area contributed by atoms with Crippen LogP contribution in [0.1, 0.15) is 97.0 Å². The summed E-state index contributed by atoms with van der Waals surface area (Å²) in [5.41, 5.74) is 0.0372. The van der Waals surface area contributed by atoms with Gasteiger partial charge in [-0.3, -0.25) is 4.79 Å². The van der Waals surface area contributed by atoms with E-state index >= 15 is 0 Å². The van der Waals surface area contributed by atoms with Gasteiger partial charge in [0.05, 0.1) is 6.42 Å². The smallest absolute Gasteiger partial charge is 0.408 e. The SMILES string of the molecule is C1CCC(NC2CCCCC2)CC1.CC(C)(C)OC(=O)C[C@@H](NC(=O)OCc1ccccc1)C(=O)O. The second kappa shape index (κ2) is 15.5. The van der Waals surface area contributed by atoms with Gasteiger partial charge in [0.2, 0.25) is 0 Å². The maximum Gasteiger partial charge on any atom is 0.408 e. The summed E-state index contributed by atoms with van der Waals surface area (Å²) in [4.78, 5) is 34.4. The summed E-state index contributed by atoms with van der Waals surface area (Å²) in [6.45, 7) is 5.01. The van der Waals surface area contributed by atoms with E-state index in [-0.39, 0.29) is 6.61 Å². The van der Waals surface area contributed by atoms with Gasteiger partial charge in [-0.1, -0.05) is 68.9 Å². The van der Waals surface area contributed by atoms with E-state index < -0.39 is 36.1 Å². The zero-order valence-electron chi connectivity index (χ0n) is 22.1. The van der Waals surface area contributed by atoms with Crippen molar-refractivity contribution in [1.82, 2.24) is 10.6 Å². The van der Waals surface area contributed by atoms with Gasteiger partial charge in [0, 0.05) is 12.1 Å². The third-order valence-electron chi connectivity index (χ3n) is 6.28. The largest absolute Gasteiger partial charge is 0.480 e. The summed E-state index contributed by atoms with van der Waals surface area (Å²) in [6.07, 6.45) is 13.2. The van der Waals surface area contributed by atoms with E-state index in [2.05, 4.69) is 10.6 Å². The van der Waals surface area contributed by atoms with E-state index in [4.69, 9.17) is 14.6 Å². The van der Waals surface area contributed by atoms with Crippen molar-refractivity contribution in [3.05, 3.63) is 35.9 Å². The number of carbonyl (C=O) groups excluding carboxylic acids is 2. The first-order valence-corrected chi connectivity index (χ1v) is 13.3. The van der Waals surface area contributed by atoms with E-state index in [0.29, 0.717) is 0 Å². The van der Waals surface area contributed by atoms with Crippen LogP contribution in [0.3, 0.4) is 0 Å². The molecule has 0 spiro atoms. The van der Waals surface area contributed by atoms with Crippen LogP contribution in [0.2, 0.25) is 0 Å². The number of aliphatic carboxylic acids is 1. The van der Waals surface area contributed by atoms with Crippen LogP contribution < -0.4 is 10.6 Å². The zero-order valence-corrected chi connectivity index (χ0v) is 22.1. The number of hydrogen-bond acceptors (Lipinski definition) is 6. The minimum absolute atomic E-state index is 0.00541. The minimum atomic E-state index is -1.41. The Hall–Kier alpha value is -2.61. The third-order valence-corrected chi connectivity index (χ3v) is 6.28. The highest BCUT2D eigenvalue weighted by Crippen LogP contribution is 2.22. The summed E-state index contributed by atoms with van der Waals surface area (Å²) in [5, 5.41) is 15.1. The number of nitrogens with one attached hydrogen (secondary N) is 2. The van der Waals surface area contributed by atoms with E-state index in [0.717, 1.165) is 17.6 Å². The lowest BCUT2D eigenvalue weighted by molar-refractivity contribution is -0.158. The number of rotatable bonds is 8. The number of esters is 1. The van der Waals surface area contributed by atoms with Crippen molar-refractivity contribution < 1.29 is 29.0 Å². The topological polar surface area (TPSA) is 114 Å². The van der Waals surface area contributed by atoms with E-state index in [1.807, 2.05) is 6.07 Å². The number of alkyl carbamates (subject to hydrolysis) is 1. The second-order valence-electron chi connectivity index (χ2n) is 10.7. The summed E-state index contributed by atoms with van der Waals surface area (Å²) in [7, 11) is 0. The van der Waals surface area contributed by atoms with Crippen molar-refractivity contribution in [3.63, 3.8) is 0 Å². The van der Waals surface area contributed by atoms with Gasteiger partial charge < -0.3 is 25.2 Å². The average Bonchev–Trinajstić information content (AvgIpc) is 2.83. The molecule has 3 N–H and O–H groups in total. The molecule has 8 heteroatoms. The quantitative estimate of drug-likeness (QED) is 0.410. The molecule has 2 saturated carbocycles. The van der Waals surface area contributed by atoms with Gasteiger partial charge in [-0.25, -0.2) is 9.59 Å². The molecule has 2 aliphatic carbocycles. The predicted octanol–water partition coefficient (Wildman–Crippen LogP) is 5.34. The van der Waals surface area contributed by atoms with Crippen LogP contribution in [0.25, 0.3) is 0 Å². The number of carboxylic acid groups (broad SMARTS) is 1. The Labute approximate surface area is 215 Å². The number of benzene rings is 1. The molecule has 202 valence electrons. The van der Waals surface area contributed by atoms with Gasteiger partial charge in [-0.2, -0.15) is 0 Å². The lowest BCUT2D eigenvalue weighted by Gasteiger charge is -2.30. The van der Waals surface area contributed by atoms with Gasteiger partial charge in [0.15, 0.2) is 0 Å². The van der Waals surface area contributed by atoms with Crippen molar-refractivity contribution in [1.29, 1.82) is 0 Å². The van der Waals surface area contributed by atoms with Crippen LogP contribution in [-0.4, -0.2) is 46.9 Å². The summed E-state index contributed by atoms with van der Waals surface area (Å²) >= 11 is 0. The Balaban J connectivity index is 0.000000293. The van der Waals surface area contributed by atoms with Crippen molar-refractivity contribution in [2.45, 2.75) is 122 Å². The monoisotopic (exact) mass is 504 g/mol. The molecule has 8 nitrogen and oxygen atoms in total. The van der Waals surface area contributed by atoms with Crippen LogP contribution in [0, 0.1) is 0 Å². The van der Waals surface area contributed by atoms with Gasteiger partial charge in [-0.15, -0.1) is 0 Å². The van der Waals surface area contributed by atoms with Crippen molar-refractivity contribution >= 4 is 18.0 Å².